The minimum absolute atomic E-state index is 0.347. The molecule has 1 rings (SSSR count). The van der Waals surface area contributed by atoms with E-state index < -0.39 is 0 Å². The van der Waals surface area contributed by atoms with Crippen molar-refractivity contribution in [1.82, 2.24) is 0 Å². The van der Waals surface area contributed by atoms with Crippen molar-refractivity contribution in [2.24, 2.45) is 4.99 Å². The number of phenolic OH excluding ortho intramolecular Hbond substituents is 1. The van der Waals surface area contributed by atoms with E-state index in [0.29, 0.717) is 5.75 Å². The third kappa shape index (κ3) is 11.3. The summed E-state index contributed by atoms with van der Waals surface area (Å²) in [4.78, 5) is 4.52. The number of rotatable bonds is 16. The lowest BCUT2D eigenvalue weighted by Gasteiger charge is -2.05. The normalized spacial score (nSPS) is 11.5. The van der Waals surface area contributed by atoms with Gasteiger partial charge in [-0.1, -0.05) is 90.5 Å². The Morgan fingerprint density at radius 1 is 0.769 bits per heavy atom. The second-order valence-corrected chi connectivity index (χ2v) is 7.57. The Morgan fingerprint density at radius 3 is 2.00 bits per heavy atom. The van der Waals surface area contributed by atoms with Gasteiger partial charge in [0.1, 0.15) is 5.75 Å². The number of aromatic hydroxyl groups is 1. The summed E-state index contributed by atoms with van der Waals surface area (Å²) in [7, 11) is 0. The van der Waals surface area contributed by atoms with Crippen molar-refractivity contribution >= 4 is 6.21 Å². The molecule has 0 saturated carbocycles. The SMILES string of the molecule is CCCCCCCCCN=Cc1cc(CCCCCCCC)ccc1O. The highest BCUT2D eigenvalue weighted by Crippen LogP contribution is 2.19. The van der Waals surface area contributed by atoms with Crippen LogP contribution < -0.4 is 0 Å². The summed E-state index contributed by atoms with van der Waals surface area (Å²) in [6.07, 6.45) is 20.0. The van der Waals surface area contributed by atoms with Gasteiger partial charge in [-0.3, -0.25) is 4.99 Å². The molecule has 1 aromatic rings. The zero-order valence-electron chi connectivity index (χ0n) is 17.3. The highest BCUT2D eigenvalue weighted by atomic mass is 16.3. The van der Waals surface area contributed by atoms with Crippen LogP contribution >= 0.6 is 0 Å². The maximum atomic E-state index is 10.0. The minimum Gasteiger partial charge on any atom is -0.507 e. The summed E-state index contributed by atoms with van der Waals surface area (Å²) in [5, 5.41) is 10.0. The molecule has 0 unspecified atom stereocenters. The standard InChI is InChI=1S/C24H41NO/c1-3-5-7-9-11-13-15-19-25-21-23-20-22(17-18-24(23)26)16-14-12-10-8-6-4-2/h17-18,20-21,26H,3-16,19H2,1-2H3. The fraction of sp³-hybridized carbons (Fsp3) is 0.708. The molecule has 0 heterocycles. The molecule has 0 aliphatic heterocycles. The Hall–Kier alpha value is -1.31. The van der Waals surface area contributed by atoms with Gasteiger partial charge in [0.15, 0.2) is 0 Å². The number of aryl methyl sites for hydroxylation is 1. The van der Waals surface area contributed by atoms with Gasteiger partial charge in [-0.25, -0.2) is 0 Å². The molecular formula is C24H41NO. The fourth-order valence-corrected chi connectivity index (χ4v) is 3.30. The first-order valence-corrected chi connectivity index (χ1v) is 11.1. The highest BCUT2D eigenvalue weighted by molar-refractivity contribution is 5.83. The van der Waals surface area contributed by atoms with Crippen LogP contribution in [0.5, 0.6) is 5.75 Å². The van der Waals surface area contributed by atoms with E-state index in [9.17, 15) is 5.11 Å². The number of nitrogens with zero attached hydrogens (tertiary/aromatic N) is 1. The van der Waals surface area contributed by atoms with Crippen molar-refractivity contribution in [3.63, 3.8) is 0 Å². The first-order valence-electron chi connectivity index (χ1n) is 11.1. The number of unbranched alkanes of at least 4 members (excludes halogenated alkanes) is 11. The molecule has 0 aliphatic carbocycles. The van der Waals surface area contributed by atoms with E-state index in [1.165, 1.54) is 82.6 Å². The fourth-order valence-electron chi connectivity index (χ4n) is 3.30. The molecule has 2 heteroatoms. The Bertz CT molecular complexity index is 481. The molecule has 0 fully saturated rings. The Morgan fingerprint density at radius 2 is 1.35 bits per heavy atom. The van der Waals surface area contributed by atoms with Gasteiger partial charge >= 0.3 is 0 Å². The molecule has 0 atom stereocenters. The summed E-state index contributed by atoms with van der Waals surface area (Å²) in [6, 6.07) is 5.98. The van der Waals surface area contributed by atoms with Crippen molar-refractivity contribution in [3.8, 4) is 5.75 Å². The van der Waals surface area contributed by atoms with Crippen LogP contribution in [0.3, 0.4) is 0 Å². The van der Waals surface area contributed by atoms with E-state index in [1.807, 2.05) is 12.3 Å². The second-order valence-electron chi connectivity index (χ2n) is 7.57. The maximum absolute atomic E-state index is 10.0. The smallest absolute Gasteiger partial charge is 0.124 e. The summed E-state index contributed by atoms with van der Waals surface area (Å²) in [6.45, 7) is 5.38. The molecule has 0 aliphatic rings. The number of phenols is 1. The van der Waals surface area contributed by atoms with Crippen LogP contribution in [0.1, 0.15) is 108 Å². The predicted molar refractivity (Wildman–Crippen MR) is 116 cm³/mol. The molecule has 2 nitrogen and oxygen atoms in total. The summed E-state index contributed by atoms with van der Waals surface area (Å²) < 4.78 is 0. The van der Waals surface area contributed by atoms with E-state index in [0.717, 1.165) is 24.9 Å². The summed E-state index contributed by atoms with van der Waals surface area (Å²) in [5.74, 6) is 0.347. The largest absolute Gasteiger partial charge is 0.507 e. The van der Waals surface area contributed by atoms with E-state index in [2.05, 4.69) is 31.0 Å². The van der Waals surface area contributed by atoms with Gasteiger partial charge in [-0.05, 0) is 37.0 Å². The summed E-state index contributed by atoms with van der Waals surface area (Å²) >= 11 is 0. The first-order chi connectivity index (χ1) is 12.8. The Kier molecular flexibility index (Phi) is 13.9. The molecule has 1 aromatic carbocycles. The Labute approximate surface area is 162 Å². The van der Waals surface area contributed by atoms with E-state index in [4.69, 9.17) is 0 Å². The lowest BCUT2D eigenvalue weighted by atomic mass is 10.0. The number of hydrogen-bond donors (Lipinski definition) is 1. The van der Waals surface area contributed by atoms with Gasteiger partial charge in [-0.2, -0.15) is 0 Å². The Balaban J connectivity index is 2.24. The molecular weight excluding hydrogens is 318 g/mol. The zero-order chi connectivity index (χ0) is 18.9. The van der Waals surface area contributed by atoms with Crippen molar-refractivity contribution in [3.05, 3.63) is 29.3 Å². The van der Waals surface area contributed by atoms with E-state index in [1.54, 1.807) is 0 Å². The molecule has 0 aromatic heterocycles. The molecule has 0 spiro atoms. The van der Waals surface area contributed by atoms with Crippen LogP contribution in [0.4, 0.5) is 0 Å². The molecule has 0 amide bonds. The molecule has 0 bridgehead atoms. The summed E-state index contributed by atoms with van der Waals surface area (Å²) in [5.41, 5.74) is 2.19. The highest BCUT2D eigenvalue weighted by Gasteiger charge is 2.01. The van der Waals surface area contributed by atoms with Crippen LogP contribution in [-0.2, 0) is 6.42 Å². The van der Waals surface area contributed by atoms with Crippen LogP contribution in [0, 0.1) is 0 Å². The lowest BCUT2D eigenvalue weighted by molar-refractivity contribution is 0.474. The van der Waals surface area contributed by atoms with Crippen molar-refractivity contribution in [1.29, 1.82) is 0 Å². The zero-order valence-corrected chi connectivity index (χ0v) is 17.3. The first kappa shape index (κ1) is 22.7. The minimum atomic E-state index is 0.347. The number of hydrogen-bond acceptors (Lipinski definition) is 2. The number of benzene rings is 1. The van der Waals surface area contributed by atoms with Gasteiger partial charge < -0.3 is 5.11 Å². The quantitative estimate of drug-likeness (QED) is 0.241. The van der Waals surface area contributed by atoms with Gasteiger partial charge in [0.25, 0.3) is 0 Å². The van der Waals surface area contributed by atoms with Crippen LogP contribution in [-0.4, -0.2) is 17.9 Å². The lowest BCUT2D eigenvalue weighted by Crippen LogP contribution is -1.91. The van der Waals surface area contributed by atoms with E-state index >= 15 is 0 Å². The number of aliphatic imine (C=N–C) groups is 1. The van der Waals surface area contributed by atoms with Gasteiger partial charge in [0.05, 0.1) is 0 Å². The molecule has 0 radical (unpaired) electrons. The molecule has 1 N–H and O–H groups in total. The van der Waals surface area contributed by atoms with Gasteiger partial charge in [0, 0.05) is 18.3 Å². The third-order valence-electron chi connectivity index (χ3n) is 5.03. The van der Waals surface area contributed by atoms with Crippen molar-refractivity contribution in [2.45, 2.75) is 104 Å². The van der Waals surface area contributed by atoms with Crippen molar-refractivity contribution < 1.29 is 5.11 Å². The van der Waals surface area contributed by atoms with E-state index in [-0.39, 0.29) is 0 Å². The van der Waals surface area contributed by atoms with Crippen molar-refractivity contribution in [2.75, 3.05) is 6.54 Å². The average Bonchev–Trinajstić information content (AvgIpc) is 2.65. The molecule has 26 heavy (non-hydrogen) atoms. The second kappa shape index (κ2) is 15.9. The third-order valence-corrected chi connectivity index (χ3v) is 5.03. The van der Waals surface area contributed by atoms with Crippen LogP contribution in [0.25, 0.3) is 0 Å². The van der Waals surface area contributed by atoms with Crippen LogP contribution in [0.15, 0.2) is 23.2 Å². The van der Waals surface area contributed by atoms with Gasteiger partial charge in [0.2, 0.25) is 0 Å². The average molecular weight is 360 g/mol. The van der Waals surface area contributed by atoms with Crippen LogP contribution in [0.2, 0.25) is 0 Å². The topological polar surface area (TPSA) is 32.6 Å². The molecule has 148 valence electrons. The maximum Gasteiger partial charge on any atom is 0.124 e. The molecule has 0 saturated heterocycles. The predicted octanol–water partition coefficient (Wildman–Crippen LogP) is 7.46. The monoisotopic (exact) mass is 359 g/mol. The van der Waals surface area contributed by atoms with Gasteiger partial charge in [-0.15, -0.1) is 0 Å².